The molecular formula is C18H27F2N3O. The third-order valence-corrected chi connectivity index (χ3v) is 4.79. The fraction of sp³-hybridized carbons (Fsp3) is 0.667. The van der Waals surface area contributed by atoms with Crippen LogP contribution < -0.4 is 5.32 Å². The predicted octanol–water partition coefficient (Wildman–Crippen LogP) is 2.66. The average Bonchev–Trinajstić information content (AvgIpc) is 2.57. The maximum Gasteiger partial charge on any atom is 0.251 e. The van der Waals surface area contributed by atoms with Gasteiger partial charge in [0, 0.05) is 44.5 Å². The number of alkyl halides is 2. The average molecular weight is 339 g/mol. The van der Waals surface area contributed by atoms with E-state index in [0.29, 0.717) is 6.04 Å². The van der Waals surface area contributed by atoms with Crippen molar-refractivity contribution in [1.82, 2.24) is 9.80 Å². The summed E-state index contributed by atoms with van der Waals surface area (Å²) in [6.45, 7) is 5.95. The minimum Gasteiger partial charge on any atom is -0.382 e. The van der Waals surface area contributed by atoms with Crippen LogP contribution >= 0.6 is 0 Å². The lowest BCUT2D eigenvalue weighted by atomic mass is 10.0. The smallest absolute Gasteiger partial charge is 0.251 e. The lowest BCUT2D eigenvalue weighted by Crippen LogP contribution is -2.41. The zero-order chi connectivity index (χ0) is 16.8. The second kappa shape index (κ2) is 8.74. The van der Waals surface area contributed by atoms with E-state index in [1.54, 1.807) is 0 Å². The standard InChI is InChI=1S/C18H27F2N3O/c19-18(20)14-22-6-4-16(5-7-22)21-17-3-1-2-15(12-17)13-23-8-10-24-11-9-23/h1-3,12,16,18,21H,4-11,13-14H2. The van der Waals surface area contributed by atoms with Gasteiger partial charge in [-0.05, 0) is 30.5 Å². The van der Waals surface area contributed by atoms with Crippen LogP contribution in [0.5, 0.6) is 0 Å². The number of ether oxygens (including phenoxy) is 1. The van der Waals surface area contributed by atoms with E-state index in [1.807, 2.05) is 4.90 Å². The third kappa shape index (κ3) is 5.40. The molecule has 0 bridgehead atoms. The van der Waals surface area contributed by atoms with Gasteiger partial charge in [-0.15, -0.1) is 0 Å². The van der Waals surface area contributed by atoms with Gasteiger partial charge >= 0.3 is 0 Å². The number of rotatable bonds is 6. The summed E-state index contributed by atoms with van der Waals surface area (Å²) in [7, 11) is 0. The summed E-state index contributed by atoms with van der Waals surface area (Å²) in [4.78, 5) is 4.27. The Morgan fingerprint density at radius 3 is 2.54 bits per heavy atom. The highest BCUT2D eigenvalue weighted by atomic mass is 19.3. The number of nitrogens with one attached hydrogen (secondary N) is 1. The van der Waals surface area contributed by atoms with Crippen molar-refractivity contribution in [2.75, 3.05) is 51.3 Å². The molecule has 6 heteroatoms. The second-order valence-electron chi connectivity index (χ2n) is 6.70. The highest BCUT2D eigenvalue weighted by molar-refractivity contribution is 5.46. The highest BCUT2D eigenvalue weighted by Crippen LogP contribution is 2.19. The van der Waals surface area contributed by atoms with Crippen molar-refractivity contribution in [3.63, 3.8) is 0 Å². The van der Waals surface area contributed by atoms with Crippen LogP contribution in [0.1, 0.15) is 18.4 Å². The summed E-state index contributed by atoms with van der Waals surface area (Å²) in [5, 5.41) is 3.57. The topological polar surface area (TPSA) is 27.7 Å². The number of piperidine rings is 1. The molecule has 2 heterocycles. The molecule has 0 aromatic heterocycles. The van der Waals surface area contributed by atoms with Crippen molar-refractivity contribution >= 4 is 5.69 Å². The lowest BCUT2D eigenvalue weighted by molar-refractivity contribution is 0.0342. The largest absolute Gasteiger partial charge is 0.382 e. The van der Waals surface area contributed by atoms with E-state index in [2.05, 4.69) is 34.5 Å². The van der Waals surface area contributed by atoms with E-state index in [-0.39, 0.29) is 6.54 Å². The van der Waals surface area contributed by atoms with Crippen LogP contribution in [0.25, 0.3) is 0 Å². The molecule has 0 unspecified atom stereocenters. The van der Waals surface area contributed by atoms with Crippen LogP contribution in [0, 0.1) is 0 Å². The monoisotopic (exact) mass is 339 g/mol. The Hall–Kier alpha value is -1.24. The molecule has 2 saturated heterocycles. The Morgan fingerprint density at radius 1 is 1.08 bits per heavy atom. The van der Waals surface area contributed by atoms with Crippen molar-refractivity contribution in [2.45, 2.75) is 31.9 Å². The molecule has 0 amide bonds. The summed E-state index contributed by atoms with van der Waals surface area (Å²) in [6.07, 6.45) is -0.396. The van der Waals surface area contributed by atoms with Crippen LogP contribution in [-0.4, -0.2) is 68.2 Å². The van der Waals surface area contributed by atoms with E-state index < -0.39 is 6.43 Å². The van der Waals surface area contributed by atoms with Crippen LogP contribution in [-0.2, 0) is 11.3 Å². The molecule has 0 radical (unpaired) electrons. The first-order valence-corrected chi connectivity index (χ1v) is 8.85. The Labute approximate surface area is 142 Å². The van der Waals surface area contributed by atoms with E-state index >= 15 is 0 Å². The summed E-state index contributed by atoms with van der Waals surface area (Å²) in [5.41, 5.74) is 2.44. The van der Waals surface area contributed by atoms with Gasteiger partial charge < -0.3 is 10.1 Å². The number of likely N-dealkylation sites (tertiary alicyclic amines) is 1. The van der Waals surface area contributed by atoms with Gasteiger partial charge in [0.15, 0.2) is 0 Å². The van der Waals surface area contributed by atoms with Crippen molar-refractivity contribution in [3.8, 4) is 0 Å². The molecular weight excluding hydrogens is 312 g/mol. The zero-order valence-corrected chi connectivity index (χ0v) is 14.1. The van der Waals surface area contributed by atoms with Crippen molar-refractivity contribution < 1.29 is 13.5 Å². The van der Waals surface area contributed by atoms with Gasteiger partial charge in [-0.1, -0.05) is 12.1 Å². The maximum atomic E-state index is 12.4. The minimum absolute atomic E-state index is 0.0955. The molecule has 0 atom stereocenters. The van der Waals surface area contributed by atoms with Gasteiger partial charge in [-0.3, -0.25) is 9.80 Å². The van der Waals surface area contributed by atoms with Gasteiger partial charge in [0.05, 0.1) is 19.8 Å². The van der Waals surface area contributed by atoms with Crippen LogP contribution in [0.3, 0.4) is 0 Å². The van der Waals surface area contributed by atoms with Gasteiger partial charge in [-0.2, -0.15) is 0 Å². The molecule has 1 aromatic rings. The van der Waals surface area contributed by atoms with Crippen LogP contribution in [0.15, 0.2) is 24.3 Å². The Kier molecular flexibility index (Phi) is 6.40. The van der Waals surface area contributed by atoms with E-state index in [0.717, 1.165) is 64.5 Å². The summed E-state index contributed by atoms with van der Waals surface area (Å²) >= 11 is 0. The first-order chi connectivity index (χ1) is 11.7. The van der Waals surface area contributed by atoms with E-state index in [9.17, 15) is 8.78 Å². The van der Waals surface area contributed by atoms with Crippen LogP contribution in [0.4, 0.5) is 14.5 Å². The van der Waals surface area contributed by atoms with Gasteiger partial charge in [0.2, 0.25) is 0 Å². The first kappa shape index (κ1) is 17.6. The summed E-state index contributed by atoms with van der Waals surface area (Å²) in [5.74, 6) is 0. The number of hydrogen-bond acceptors (Lipinski definition) is 4. The molecule has 2 aliphatic heterocycles. The van der Waals surface area contributed by atoms with E-state index in [4.69, 9.17) is 4.74 Å². The zero-order valence-electron chi connectivity index (χ0n) is 14.1. The van der Waals surface area contributed by atoms with Crippen molar-refractivity contribution in [3.05, 3.63) is 29.8 Å². The Balaban J connectivity index is 1.48. The molecule has 134 valence electrons. The lowest BCUT2D eigenvalue weighted by Gasteiger charge is -2.32. The summed E-state index contributed by atoms with van der Waals surface area (Å²) in [6, 6.07) is 8.92. The first-order valence-electron chi connectivity index (χ1n) is 8.85. The molecule has 2 fully saturated rings. The molecule has 2 aliphatic rings. The molecule has 0 saturated carbocycles. The molecule has 1 N–H and O–H groups in total. The Bertz CT molecular complexity index is 501. The minimum atomic E-state index is -2.23. The summed E-state index contributed by atoms with van der Waals surface area (Å²) < 4.78 is 30.3. The SMILES string of the molecule is FC(F)CN1CCC(Nc2cccc(CN3CCOCC3)c2)CC1. The van der Waals surface area contributed by atoms with Gasteiger partial charge in [0.1, 0.15) is 0 Å². The molecule has 0 spiro atoms. The number of morpholine rings is 1. The number of hydrogen-bond donors (Lipinski definition) is 1. The van der Waals surface area contributed by atoms with E-state index in [1.165, 1.54) is 5.56 Å². The number of nitrogens with zero attached hydrogens (tertiary/aromatic N) is 2. The maximum absolute atomic E-state index is 12.4. The molecule has 4 nitrogen and oxygen atoms in total. The van der Waals surface area contributed by atoms with Crippen LogP contribution in [0.2, 0.25) is 0 Å². The molecule has 1 aromatic carbocycles. The molecule has 24 heavy (non-hydrogen) atoms. The van der Waals surface area contributed by atoms with Crippen molar-refractivity contribution in [2.24, 2.45) is 0 Å². The number of anilines is 1. The quantitative estimate of drug-likeness (QED) is 0.862. The molecule has 3 rings (SSSR count). The second-order valence-corrected chi connectivity index (χ2v) is 6.70. The third-order valence-electron chi connectivity index (χ3n) is 4.79. The molecule has 0 aliphatic carbocycles. The normalized spacial score (nSPS) is 21.3. The fourth-order valence-corrected chi connectivity index (χ4v) is 3.47. The number of halogens is 2. The fourth-order valence-electron chi connectivity index (χ4n) is 3.47. The van der Waals surface area contributed by atoms with Crippen molar-refractivity contribution in [1.29, 1.82) is 0 Å². The Morgan fingerprint density at radius 2 is 1.83 bits per heavy atom. The van der Waals surface area contributed by atoms with Gasteiger partial charge in [-0.25, -0.2) is 8.78 Å². The highest BCUT2D eigenvalue weighted by Gasteiger charge is 2.21. The number of benzene rings is 1. The predicted molar refractivity (Wildman–Crippen MR) is 91.6 cm³/mol. The van der Waals surface area contributed by atoms with Gasteiger partial charge in [0.25, 0.3) is 6.43 Å².